The lowest BCUT2D eigenvalue weighted by molar-refractivity contribution is -0.110. The molecular weight excluding hydrogens is 220 g/mol. The number of hydrogen-bond acceptors (Lipinski definition) is 4. The fraction of sp³-hybridized carbons (Fsp3) is 0.667. The summed E-state index contributed by atoms with van der Waals surface area (Å²) in [6.07, 6.45) is 8.32. The standard InChI is InChI=1S/C12H22N2O3/c1-3-4-5-6-7-8-9-14(13-2)12(16)17-11-10-15/h4-5,10,13H,3,6-9,11H2,1-2H3. The molecule has 0 aliphatic heterocycles. The number of carbonyl (C=O) groups excluding carboxylic acids is 2. The summed E-state index contributed by atoms with van der Waals surface area (Å²) < 4.78 is 4.68. The summed E-state index contributed by atoms with van der Waals surface area (Å²) >= 11 is 0. The molecule has 0 spiro atoms. The van der Waals surface area contributed by atoms with Gasteiger partial charge in [0.25, 0.3) is 0 Å². The smallest absolute Gasteiger partial charge is 0.424 e. The van der Waals surface area contributed by atoms with Crippen LogP contribution in [0.25, 0.3) is 0 Å². The van der Waals surface area contributed by atoms with Gasteiger partial charge in [0.15, 0.2) is 6.29 Å². The van der Waals surface area contributed by atoms with Crippen LogP contribution >= 0.6 is 0 Å². The van der Waals surface area contributed by atoms with Crippen LogP contribution in [0, 0.1) is 0 Å². The van der Waals surface area contributed by atoms with Crippen LogP contribution in [-0.2, 0) is 9.53 Å². The molecule has 0 saturated carbocycles. The normalized spacial score (nSPS) is 10.5. The van der Waals surface area contributed by atoms with Crippen molar-refractivity contribution in [3.63, 3.8) is 0 Å². The van der Waals surface area contributed by atoms with Crippen molar-refractivity contribution in [3.05, 3.63) is 12.2 Å². The number of rotatable bonds is 9. The average molecular weight is 242 g/mol. The predicted molar refractivity (Wildman–Crippen MR) is 66.5 cm³/mol. The third-order valence-corrected chi connectivity index (χ3v) is 2.17. The van der Waals surface area contributed by atoms with Crippen molar-refractivity contribution in [2.75, 3.05) is 20.2 Å². The quantitative estimate of drug-likeness (QED) is 0.290. The van der Waals surface area contributed by atoms with Gasteiger partial charge in [-0.1, -0.05) is 19.1 Å². The minimum absolute atomic E-state index is 0.198. The maximum Gasteiger partial charge on any atom is 0.424 e. The van der Waals surface area contributed by atoms with E-state index < -0.39 is 6.09 Å². The molecule has 98 valence electrons. The molecule has 1 N–H and O–H groups in total. The van der Waals surface area contributed by atoms with Gasteiger partial charge in [0, 0.05) is 13.6 Å². The van der Waals surface area contributed by atoms with E-state index in [0.29, 0.717) is 12.8 Å². The van der Waals surface area contributed by atoms with Gasteiger partial charge in [-0.2, -0.15) is 0 Å². The lowest BCUT2D eigenvalue weighted by Gasteiger charge is -2.19. The van der Waals surface area contributed by atoms with Gasteiger partial charge < -0.3 is 4.74 Å². The first-order valence-corrected chi connectivity index (χ1v) is 5.96. The highest BCUT2D eigenvalue weighted by atomic mass is 16.6. The number of unbranched alkanes of at least 4 members (excludes halogenated alkanes) is 2. The Morgan fingerprint density at radius 3 is 2.71 bits per heavy atom. The summed E-state index contributed by atoms with van der Waals surface area (Å²) in [4.78, 5) is 21.4. The fourth-order valence-electron chi connectivity index (χ4n) is 1.29. The van der Waals surface area contributed by atoms with Crippen LogP contribution in [0.15, 0.2) is 12.2 Å². The van der Waals surface area contributed by atoms with Gasteiger partial charge in [-0.15, -0.1) is 0 Å². The molecule has 1 amide bonds. The molecule has 0 unspecified atom stereocenters. The minimum atomic E-state index is -0.510. The van der Waals surface area contributed by atoms with Crippen LogP contribution in [0.4, 0.5) is 4.79 Å². The fourth-order valence-corrected chi connectivity index (χ4v) is 1.29. The Bertz CT molecular complexity index is 242. The largest absolute Gasteiger partial charge is 0.441 e. The number of allylic oxidation sites excluding steroid dienone is 2. The van der Waals surface area contributed by atoms with Gasteiger partial charge in [0.05, 0.1) is 0 Å². The van der Waals surface area contributed by atoms with E-state index in [4.69, 9.17) is 0 Å². The molecule has 0 aliphatic carbocycles. The van der Waals surface area contributed by atoms with Crippen LogP contribution in [0.2, 0.25) is 0 Å². The van der Waals surface area contributed by atoms with E-state index in [1.165, 1.54) is 5.01 Å². The zero-order valence-electron chi connectivity index (χ0n) is 10.6. The van der Waals surface area contributed by atoms with Crippen molar-refractivity contribution in [2.24, 2.45) is 0 Å². The molecule has 0 rings (SSSR count). The molecule has 17 heavy (non-hydrogen) atoms. The average Bonchev–Trinajstić information content (AvgIpc) is 2.35. The number of amides is 1. The summed E-state index contributed by atoms with van der Waals surface area (Å²) in [6, 6.07) is 0. The number of nitrogens with one attached hydrogen (secondary N) is 1. The molecule has 5 heteroatoms. The summed E-state index contributed by atoms with van der Waals surface area (Å²) in [5, 5.41) is 1.37. The number of carbonyl (C=O) groups is 2. The lowest BCUT2D eigenvalue weighted by Crippen LogP contribution is -2.41. The van der Waals surface area contributed by atoms with Crippen LogP contribution in [0.5, 0.6) is 0 Å². The van der Waals surface area contributed by atoms with Gasteiger partial charge in [-0.3, -0.25) is 4.79 Å². The van der Waals surface area contributed by atoms with Crippen LogP contribution in [-0.4, -0.2) is 37.6 Å². The Balaban J connectivity index is 3.70. The van der Waals surface area contributed by atoms with Gasteiger partial charge in [0.2, 0.25) is 0 Å². The Morgan fingerprint density at radius 2 is 2.12 bits per heavy atom. The lowest BCUT2D eigenvalue weighted by atomic mass is 10.2. The Kier molecular flexibility index (Phi) is 10.2. The van der Waals surface area contributed by atoms with Crippen molar-refractivity contribution in [3.8, 4) is 0 Å². The van der Waals surface area contributed by atoms with Gasteiger partial charge in [0.1, 0.15) is 6.61 Å². The zero-order chi connectivity index (χ0) is 12.9. The second-order valence-electron chi connectivity index (χ2n) is 3.49. The molecule has 0 aromatic heterocycles. The molecule has 5 nitrogen and oxygen atoms in total. The number of nitrogens with zero attached hydrogens (tertiary/aromatic N) is 1. The molecule has 0 atom stereocenters. The monoisotopic (exact) mass is 242 g/mol. The number of aldehydes is 1. The van der Waals surface area contributed by atoms with Crippen molar-refractivity contribution < 1.29 is 14.3 Å². The molecule has 0 aromatic rings. The molecule has 0 saturated heterocycles. The summed E-state index contributed by atoms with van der Waals surface area (Å²) in [6.45, 7) is 2.48. The maximum absolute atomic E-state index is 11.4. The second kappa shape index (κ2) is 11.1. The molecule has 0 fully saturated rings. The van der Waals surface area contributed by atoms with Crippen molar-refractivity contribution >= 4 is 12.4 Å². The highest BCUT2D eigenvalue weighted by molar-refractivity contribution is 5.69. The molecule has 0 radical (unpaired) electrons. The molecular formula is C12H22N2O3. The zero-order valence-corrected chi connectivity index (χ0v) is 10.6. The highest BCUT2D eigenvalue weighted by Gasteiger charge is 2.11. The first kappa shape index (κ1) is 15.6. The Morgan fingerprint density at radius 1 is 1.35 bits per heavy atom. The van der Waals surface area contributed by atoms with E-state index in [-0.39, 0.29) is 6.61 Å². The molecule has 0 aliphatic rings. The first-order valence-electron chi connectivity index (χ1n) is 5.96. The van der Waals surface area contributed by atoms with E-state index in [1.807, 2.05) is 0 Å². The summed E-state index contributed by atoms with van der Waals surface area (Å²) in [5.41, 5.74) is 2.74. The highest BCUT2D eigenvalue weighted by Crippen LogP contribution is 2.00. The van der Waals surface area contributed by atoms with E-state index >= 15 is 0 Å². The van der Waals surface area contributed by atoms with Crippen LogP contribution < -0.4 is 5.43 Å². The van der Waals surface area contributed by atoms with E-state index in [9.17, 15) is 9.59 Å². The SMILES string of the molecule is CCC=CCCCCN(NC)C(=O)OCC=O. The number of ether oxygens (including phenoxy) is 1. The van der Waals surface area contributed by atoms with E-state index in [1.54, 1.807) is 7.05 Å². The Hall–Kier alpha value is -1.36. The topological polar surface area (TPSA) is 58.6 Å². The van der Waals surface area contributed by atoms with Crippen LogP contribution in [0.1, 0.15) is 32.6 Å². The van der Waals surface area contributed by atoms with E-state index in [0.717, 1.165) is 25.7 Å². The van der Waals surface area contributed by atoms with Crippen molar-refractivity contribution in [1.82, 2.24) is 10.4 Å². The van der Waals surface area contributed by atoms with Gasteiger partial charge in [-0.25, -0.2) is 15.2 Å². The number of hydrogen-bond donors (Lipinski definition) is 1. The minimum Gasteiger partial charge on any atom is -0.441 e. The molecule has 0 bridgehead atoms. The first-order chi connectivity index (χ1) is 8.26. The summed E-state index contributed by atoms with van der Waals surface area (Å²) in [5.74, 6) is 0. The second-order valence-corrected chi connectivity index (χ2v) is 3.49. The van der Waals surface area contributed by atoms with Gasteiger partial charge in [-0.05, 0) is 25.7 Å². The Labute approximate surface area is 103 Å². The van der Waals surface area contributed by atoms with Crippen LogP contribution in [0.3, 0.4) is 0 Å². The van der Waals surface area contributed by atoms with Crippen molar-refractivity contribution in [1.29, 1.82) is 0 Å². The third-order valence-electron chi connectivity index (χ3n) is 2.17. The van der Waals surface area contributed by atoms with E-state index in [2.05, 4.69) is 29.2 Å². The molecule has 0 aromatic carbocycles. The third kappa shape index (κ3) is 8.45. The maximum atomic E-state index is 11.4. The number of hydrazine groups is 1. The summed E-state index contributed by atoms with van der Waals surface area (Å²) in [7, 11) is 1.65. The predicted octanol–water partition coefficient (Wildman–Crippen LogP) is 1.89. The van der Waals surface area contributed by atoms with Gasteiger partial charge >= 0.3 is 6.09 Å². The molecule has 0 heterocycles. The van der Waals surface area contributed by atoms with Crippen molar-refractivity contribution in [2.45, 2.75) is 32.6 Å².